The standard InChI is InChI=1S/C8H13N5S/c9-7(10)6-1-3-13(4-2-6)8-12-11-5-14-8/h5-6H,1-4H2,(H3,9,10). The Kier molecular flexibility index (Phi) is 2.62. The molecule has 1 aliphatic rings. The highest BCUT2D eigenvalue weighted by Gasteiger charge is 2.22. The summed E-state index contributed by atoms with van der Waals surface area (Å²) in [5.41, 5.74) is 7.21. The number of hydrogen-bond acceptors (Lipinski definition) is 5. The first-order valence-electron chi connectivity index (χ1n) is 4.62. The first kappa shape index (κ1) is 9.39. The molecule has 76 valence electrons. The lowest BCUT2D eigenvalue weighted by Crippen LogP contribution is -2.38. The Morgan fingerprint density at radius 1 is 1.57 bits per heavy atom. The van der Waals surface area contributed by atoms with Crippen LogP contribution in [0.4, 0.5) is 5.13 Å². The minimum Gasteiger partial charge on any atom is -0.387 e. The van der Waals surface area contributed by atoms with Crippen LogP contribution in [0.3, 0.4) is 0 Å². The van der Waals surface area contributed by atoms with Gasteiger partial charge in [0.2, 0.25) is 5.13 Å². The SMILES string of the molecule is N=C(N)C1CCN(c2nncs2)CC1. The van der Waals surface area contributed by atoms with Gasteiger partial charge in [-0.1, -0.05) is 11.3 Å². The van der Waals surface area contributed by atoms with Crippen molar-refractivity contribution in [1.29, 1.82) is 5.41 Å². The normalized spacial score (nSPS) is 18.4. The number of amidine groups is 1. The van der Waals surface area contributed by atoms with Crippen molar-refractivity contribution < 1.29 is 0 Å². The van der Waals surface area contributed by atoms with E-state index in [1.807, 2.05) is 0 Å². The topological polar surface area (TPSA) is 78.9 Å². The van der Waals surface area contributed by atoms with Crippen molar-refractivity contribution in [3.05, 3.63) is 5.51 Å². The molecule has 1 aromatic heterocycles. The summed E-state index contributed by atoms with van der Waals surface area (Å²) in [4.78, 5) is 2.21. The maximum atomic E-state index is 7.36. The summed E-state index contributed by atoms with van der Waals surface area (Å²) in [6, 6.07) is 0. The Bertz CT molecular complexity index is 302. The van der Waals surface area contributed by atoms with Crippen LogP contribution in [0.15, 0.2) is 5.51 Å². The number of hydrogen-bond donors (Lipinski definition) is 2. The Balaban J connectivity index is 1.93. The summed E-state index contributed by atoms with van der Waals surface area (Å²) in [6.45, 7) is 1.86. The molecule has 1 saturated heterocycles. The largest absolute Gasteiger partial charge is 0.387 e. The van der Waals surface area contributed by atoms with Crippen LogP contribution in [0.1, 0.15) is 12.8 Å². The van der Waals surface area contributed by atoms with Crippen molar-refractivity contribution in [2.45, 2.75) is 12.8 Å². The zero-order valence-corrected chi connectivity index (χ0v) is 8.63. The van der Waals surface area contributed by atoms with Crippen LogP contribution >= 0.6 is 11.3 Å². The molecule has 1 aliphatic heterocycles. The third-order valence-corrected chi connectivity index (χ3v) is 3.30. The Morgan fingerprint density at radius 3 is 2.79 bits per heavy atom. The van der Waals surface area contributed by atoms with E-state index in [1.54, 1.807) is 16.8 Å². The molecule has 0 bridgehead atoms. The van der Waals surface area contributed by atoms with Crippen LogP contribution < -0.4 is 10.6 Å². The molecule has 2 rings (SSSR count). The molecule has 5 nitrogen and oxygen atoms in total. The molecule has 0 aromatic carbocycles. The van der Waals surface area contributed by atoms with Crippen molar-refractivity contribution in [1.82, 2.24) is 10.2 Å². The maximum Gasteiger partial charge on any atom is 0.208 e. The highest BCUT2D eigenvalue weighted by atomic mass is 32.1. The summed E-state index contributed by atoms with van der Waals surface area (Å²) >= 11 is 1.56. The molecule has 0 radical (unpaired) electrons. The lowest BCUT2D eigenvalue weighted by Gasteiger charge is -2.30. The van der Waals surface area contributed by atoms with Crippen LogP contribution in [0.25, 0.3) is 0 Å². The van der Waals surface area contributed by atoms with Crippen LogP contribution in [0, 0.1) is 11.3 Å². The fourth-order valence-corrected chi connectivity index (χ4v) is 2.30. The van der Waals surface area contributed by atoms with E-state index in [4.69, 9.17) is 11.1 Å². The van der Waals surface area contributed by atoms with E-state index in [9.17, 15) is 0 Å². The second kappa shape index (κ2) is 3.91. The average molecular weight is 211 g/mol. The summed E-state index contributed by atoms with van der Waals surface area (Å²) in [5, 5.41) is 16.2. The highest BCUT2D eigenvalue weighted by Crippen LogP contribution is 2.23. The zero-order valence-electron chi connectivity index (χ0n) is 7.81. The van der Waals surface area contributed by atoms with E-state index in [0.29, 0.717) is 5.84 Å². The van der Waals surface area contributed by atoms with Crippen molar-refractivity contribution >= 4 is 22.3 Å². The molecule has 6 heteroatoms. The average Bonchev–Trinajstić information content (AvgIpc) is 2.71. The van der Waals surface area contributed by atoms with Gasteiger partial charge in [-0.05, 0) is 12.8 Å². The van der Waals surface area contributed by atoms with Crippen LogP contribution in [0.2, 0.25) is 0 Å². The predicted octanol–water partition coefficient (Wildman–Crippen LogP) is 0.690. The fourth-order valence-electron chi connectivity index (χ4n) is 1.69. The smallest absolute Gasteiger partial charge is 0.208 e. The van der Waals surface area contributed by atoms with Gasteiger partial charge in [-0.25, -0.2) is 0 Å². The van der Waals surface area contributed by atoms with Crippen molar-refractivity contribution in [3.63, 3.8) is 0 Å². The minimum absolute atomic E-state index is 0.263. The number of piperidine rings is 1. The van der Waals surface area contributed by atoms with Crippen molar-refractivity contribution in [3.8, 4) is 0 Å². The summed E-state index contributed by atoms with van der Waals surface area (Å²) in [5.74, 6) is 0.584. The molecule has 2 heterocycles. The van der Waals surface area contributed by atoms with Gasteiger partial charge < -0.3 is 10.6 Å². The van der Waals surface area contributed by atoms with Gasteiger partial charge in [0.15, 0.2) is 0 Å². The molecule has 0 aliphatic carbocycles. The lowest BCUT2D eigenvalue weighted by molar-refractivity contribution is 0.496. The van der Waals surface area contributed by atoms with Crippen LogP contribution in [-0.2, 0) is 0 Å². The lowest BCUT2D eigenvalue weighted by atomic mass is 9.96. The first-order valence-corrected chi connectivity index (χ1v) is 5.50. The van der Waals surface area contributed by atoms with Gasteiger partial charge in [0.1, 0.15) is 5.51 Å². The van der Waals surface area contributed by atoms with E-state index in [-0.39, 0.29) is 5.92 Å². The van der Waals surface area contributed by atoms with Gasteiger partial charge in [0, 0.05) is 19.0 Å². The van der Waals surface area contributed by atoms with Crippen molar-refractivity contribution in [2.75, 3.05) is 18.0 Å². The summed E-state index contributed by atoms with van der Waals surface area (Å²) in [7, 11) is 0. The second-order valence-corrected chi connectivity index (χ2v) is 4.25. The number of aromatic nitrogens is 2. The zero-order chi connectivity index (χ0) is 9.97. The first-order chi connectivity index (χ1) is 6.77. The van der Waals surface area contributed by atoms with Crippen LogP contribution in [0.5, 0.6) is 0 Å². The molecule has 14 heavy (non-hydrogen) atoms. The third-order valence-electron chi connectivity index (χ3n) is 2.55. The molecule has 0 saturated carbocycles. The third kappa shape index (κ3) is 1.84. The van der Waals surface area contributed by atoms with Gasteiger partial charge in [-0.2, -0.15) is 0 Å². The summed E-state index contributed by atoms with van der Waals surface area (Å²) in [6.07, 6.45) is 1.91. The molecule has 0 atom stereocenters. The molecular formula is C8H13N5S. The van der Waals surface area contributed by atoms with Crippen LogP contribution in [-0.4, -0.2) is 29.1 Å². The maximum absolute atomic E-state index is 7.36. The monoisotopic (exact) mass is 211 g/mol. The Labute approximate surface area is 86.4 Å². The molecule has 0 spiro atoms. The van der Waals surface area contributed by atoms with E-state index in [2.05, 4.69) is 15.1 Å². The van der Waals surface area contributed by atoms with E-state index >= 15 is 0 Å². The van der Waals surface area contributed by atoms with E-state index in [0.717, 1.165) is 31.1 Å². The van der Waals surface area contributed by atoms with Gasteiger partial charge in [0.05, 0.1) is 5.84 Å². The molecule has 1 fully saturated rings. The van der Waals surface area contributed by atoms with Gasteiger partial charge in [-0.3, -0.25) is 5.41 Å². The van der Waals surface area contributed by atoms with Gasteiger partial charge >= 0.3 is 0 Å². The Morgan fingerprint density at radius 2 is 2.29 bits per heavy atom. The summed E-state index contributed by atoms with van der Waals surface area (Å²) < 4.78 is 0. The number of nitrogens with two attached hydrogens (primary N) is 1. The molecule has 1 aromatic rings. The van der Waals surface area contributed by atoms with Gasteiger partial charge in [0.25, 0.3) is 0 Å². The quantitative estimate of drug-likeness (QED) is 0.557. The van der Waals surface area contributed by atoms with Crippen molar-refractivity contribution in [2.24, 2.45) is 11.7 Å². The number of nitrogens with one attached hydrogen (secondary N) is 1. The number of nitrogens with zero attached hydrogens (tertiary/aromatic N) is 3. The Hall–Kier alpha value is -1.17. The second-order valence-electron chi connectivity index (χ2n) is 3.44. The van der Waals surface area contributed by atoms with E-state index < -0.39 is 0 Å². The number of anilines is 1. The predicted molar refractivity (Wildman–Crippen MR) is 56.8 cm³/mol. The molecule has 3 N–H and O–H groups in total. The minimum atomic E-state index is 0.263. The molecule has 0 unspecified atom stereocenters. The van der Waals surface area contributed by atoms with E-state index in [1.165, 1.54) is 0 Å². The molecular weight excluding hydrogens is 198 g/mol. The fraction of sp³-hybridized carbons (Fsp3) is 0.625. The number of rotatable bonds is 2. The highest BCUT2D eigenvalue weighted by molar-refractivity contribution is 7.13. The molecule has 0 amide bonds. The van der Waals surface area contributed by atoms with Gasteiger partial charge in [-0.15, -0.1) is 10.2 Å².